The molecule has 0 aliphatic rings. The summed E-state index contributed by atoms with van der Waals surface area (Å²) in [5, 5.41) is 4.02. The fourth-order valence-corrected chi connectivity index (χ4v) is 2.56. The largest absolute Gasteiger partial charge is 0.490 e. The number of aromatic nitrogens is 1. The molecule has 0 bridgehead atoms. The molecule has 0 fully saturated rings. The van der Waals surface area contributed by atoms with E-state index in [1.807, 2.05) is 62.4 Å². The lowest BCUT2D eigenvalue weighted by atomic mass is 10.2. The van der Waals surface area contributed by atoms with Crippen LogP contribution in [0.5, 0.6) is 11.5 Å². The fraction of sp³-hybridized carbons (Fsp3) is 0.174. The smallest absolute Gasteiger partial charge is 0.272 e. The van der Waals surface area contributed by atoms with Crippen LogP contribution in [-0.2, 0) is 6.61 Å². The maximum Gasteiger partial charge on any atom is 0.272 e. The first-order valence-corrected chi connectivity index (χ1v) is 9.35. The van der Waals surface area contributed by atoms with Gasteiger partial charge in [-0.05, 0) is 55.3 Å². The molecule has 2 aromatic carbocycles. The lowest BCUT2D eigenvalue weighted by Gasteiger charge is -2.12. The predicted octanol–water partition coefficient (Wildman–Crippen LogP) is 4.13. The lowest BCUT2D eigenvalue weighted by molar-refractivity contribution is 0.0955. The number of hydrogen-bond donors (Lipinski definition) is 1. The average molecular weight is 389 g/mol. The molecule has 29 heavy (non-hydrogen) atoms. The van der Waals surface area contributed by atoms with Crippen LogP contribution in [0.1, 0.15) is 34.1 Å². The first-order valence-electron chi connectivity index (χ1n) is 9.35. The number of carbonyl (C=O) groups excluding carboxylic acids is 1. The molecule has 1 N–H and O–H groups in total. The van der Waals surface area contributed by atoms with E-state index in [9.17, 15) is 4.79 Å². The number of amides is 1. The number of carbonyl (C=O) groups is 1. The van der Waals surface area contributed by atoms with Crippen LogP contribution in [0.2, 0.25) is 0 Å². The van der Waals surface area contributed by atoms with Gasteiger partial charge >= 0.3 is 0 Å². The van der Waals surface area contributed by atoms with Gasteiger partial charge in [0, 0.05) is 11.9 Å². The topological polar surface area (TPSA) is 72.8 Å². The van der Waals surface area contributed by atoms with Crippen LogP contribution in [-0.4, -0.2) is 23.7 Å². The Bertz CT molecular complexity index is 970. The summed E-state index contributed by atoms with van der Waals surface area (Å²) in [5.41, 5.74) is 5.66. The number of pyridine rings is 1. The van der Waals surface area contributed by atoms with E-state index in [-0.39, 0.29) is 5.91 Å². The van der Waals surface area contributed by atoms with Crippen molar-refractivity contribution in [1.29, 1.82) is 0 Å². The number of ether oxygens (including phenoxy) is 2. The van der Waals surface area contributed by atoms with Crippen LogP contribution >= 0.6 is 0 Å². The molecule has 1 amide bonds. The second-order valence-corrected chi connectivity index (χ2v) is 6.30. The van der Waals surface area contributed by atoms with E-state index < -0.39 is 0 Å². The van der Waals surface area contributed by atoms with Gasteiger partial charge < -0.3 is 9.47 Å². The Morgan fingerprint density at radius 3 is 2.62 bits per heavy atom. The fourth-order valence-electron chi connectivity index (χ4n) is 2.56. The zero-order valence-corrected chi connectivity index (χ0v) is 16.5. The van der Waals surface area contributed by atoms with Crippen LogP contribution in [0.15, 0.2) is 72.0 Å². The highest BCUT2D eigenvalue weighted by Gasteiger charge is 2.07. The van der Waals surface area contributed by atoms with Gasteiger partial charge in [-0.3, -0.25) is 9.78 Å². The zero-order valence-electron chi connectivity index (χ0n) is 16.5. The summed E-state index contributed by atoms with van der Waals surface area (Å²) in [7, 11) is 0. The molecule has 0 atom stereocenters. The Balaban J connectivity index is 1.64. The van der Waals surface area contributed by atoms with Gasteiger partial charge in [0.2, 0.25) is 0 Å². The van der Waals surface area contributed by atoms with Gasteiger partial charge in [-0.1, -0.05) is 30.3 Å². The Kier molecular flexibility index (Phi) is 6.95. The van der Waals surface area contributed by atoms with Crippen molar-refractivity contribution in [3.05, 3.63) is 89.2 Å². The molecule has 0 saturated carbocycles. The molecule has 0 spiro atoms. The van der Waals surface area contributed by atoms with E-state index in [1.54, 1.807) is 18.3 Å². The number of nitrogens with one attached hydrogen (secondary N) is 1. The molecule has 148 valence electrons. The maximum atomic E-state index is 12.1. The summed E-state index contributed by atoms with van der Waals surface area (Å²) in [6.45, 7) is 4.75. The van der Waals surface area contributed by atoms with Gasteiger partial charge in [-0.15, -0.1) is 0 Å². The summed E-state index contributed by atoms with van der Waals surface area (Å²) in [6.07, 6.45) is 3.08. The van der Waals surface area contributed by atoms with E-state index in [4.69, 9.17) is 9.47 Å². The Morgan fingerprint density at radius 1 is 1.07 bits per heavy atom. The molecule has 0 radical (unpaired) electrons. The van der Waals surface area contributed by atoms with Crippen molar-refractivity contribution in [1.82, 2.24) is 10.4 Å². The number of rotatable bonds is 8. The highest BCUT2D eigenvalue weighted by molar-refractivity contribution is 5.94. The SMILES string of the molecule is CCOc1cc(/C=N\NC(=O)c2ccc(C)nc2)ccc1OCc1ccccc1. The van der Waals surface area contributed by atoms with Crippen molar-refractivity contribution in [2.75, 3.05) is 6.61 Å². The average Bonchev–Trinajstić information content (AvgIpc) is 2.74. The lowest BCUT2D eigenvalue weighted by Crippen LogP contribution is -2.17. The van der Waals surface area contributed by atoms with Crippen LogP contribution in [0.3, 0.4) is 0 Å². The summed E-state index contributed by atoms with van der Waals surface area (Å²) in [5.74, 6) is 0.964. The van der Waals surface area contributed by atoms with Crippen LogP contribution in [0.25, 0.3) is 0 Å². The quantitative estimate of drug-likeness (QED) is 0.464. The minimum atomic E-state index is -0.318. The zero-order chi connectivity index (χ0) is 20.5. The summed E-state index contributed by atoms with van der Waals surface area (Å²) in [4.78, 5) is 16.2. The van der Waals surface area contributed by atoms with Crippen molar-refractivity contribution in [2.45, 2.75) is 20.5 Å². The second-order valence-electron chi connectivity index (χ2n) is 6.30. The summed E-state index contributed by atoms with van der Waals surface area (Å²) in [6, 6.07) is 18.9. The Labute approximate surface area is 170 Å². The molecular formula is C23H23N3O3. The molecule has 0 saturated heterocycles. The third kappa shape index (κ3) is 5.90. The normalized spacial score (nSPS) is 10.7. The third-order valence-electron chi connectivity index (χ3n) is 4.06. The molecular weight excluding hydrogens is 366 g/mol. The summed E-state index contributed by atoms with van der Waals surface area (Å²) < 4.78 is 11.6. The molecule has 0 aliphatic carbocycles. The molecule has 1 heterocycles. The first kappa shape index (κ1) is 20.1. The highest BCUT2D eigenvalue weighted by atomic mass is 16.5. The number of benzene rings is 2. The molecule has 6 nitrogen and oxygen atoms in total. The van der Waals surface area contributed by atoms with Gasteiger partial charge in [-0.25, -0.2) is 5.43 Å². The van der Waals surface area contributed by atoms with Gasteiger partial charge in [-0.2, -0.15) is 5.10 Å². The number of nitrogens with zero attached hydrogens (tertiary/aromatic N) is 2. The van der Waals surface area contributed by atoms with E-state index >= 15 is 0 Å². The van der Waals surface area contributed by atoms with Crippen molar-refractivity contribution >= 4 is 12.1 Å². The van der Waals surface area contributed by atoms with Crippen molar-refractivity contribution in [2.24, 2.45) is 5.10 Å². The summed E-state index contributed by atoms with van der Waals surface area (Å²) >= 11 is 0. The molecule has 6 heteroatoms. The molecule has 0 unspecified atom stereocenters. The molecule has 1 aromatic heterocycles. The molecule has 3 aromatic rings. The van der Waals surface area contributed by atoms with Gasteiger partial charge in [0.1, 0.15) is 6.61 Å². The van der Waals surface area contributed by atoms with E-state index in [0.717, 1.165) is 16.8 Å². The first-order chi connectivity index (χ1) is 14.2. The van der Waals surface area contributed by atoms with Gasteiger partial charge in [0.25, 0.3) is 5.91 Å². The number of hydrazone groups is 1. The predicted molar refractivity (Wildman–Crippen MR) is 112 cm³/mol. The Morgan fingerprint density at radius 2 is 1.90 bits per heavy atom. The van der Waals surface area contributed by atoms with E-state index in [2.05, 4.69) is 15.5 Å². The van der Waals surface area contributed by atoms with E-state index in [0.29, 0.717) is 30.3 Å². The maximum absolute atomic E-state index is 12.1. The van der Waals surface area contributed by atoms with Crippen molar-refractivity contribution in [3.8, 4) is 11.5 Å². The minimum Gasteiger partial charge on any atom is -0.490 e. The van der Waals surface area contributed by atoms with Gasteiger partial charge in [0.05, 0.1) is 18.4 Å². The van der Waals surface area contributed by atoms with Crippen LogP contribution in [0.4, 0.5) is 0 Å². The van der Waals surface area contributed by atoms with Crippen molar-refractivity contribution in [3.63, 3.8) is 0 Å². The molecule has 3 rings (SSSR count). The Hall–Kier alpha value is -3.67. The van der Waals surface area contributed by atoms with Gasteiger partial charge in [0.15, 0.2) is 11.5 Å². The monoisotopic (exact) mass is 389 g/mol. The molecule has 0 aliphatic heterocycles. The third-order valence-corrected chi connectivity index (χ3v) is 4.06. The van der Waals surface area contributed by atoms with Crippen LogP contribution in [0, 0.1) is 6.92 Å². The number of hydrogen-bond acceptors (Lipinski definition) is 5. The minimum absolute atomic E-state index is 0.318. The number of aryl methyl sites for hydroxylation is 1. The highest BCUT2D eigenvalue weighted by Crippen LogP contribution is 2.28. The standard InChI is InChI=1S/C23H23N3O3/c1-3-28-22-13-19(10-12-21(22)29-16-18-7-5-4-6-8-18)14-25-26-23(27)20-11-9-17(2)24-15-20/h4-15H,3,16H2,1-2H3,(H,26,27)/b25-14-. The van der Waals surface area contributed by atoms with Crippen molar-refractivity contribution < 1.29 is 14.3 Å². The van der Waals surface area contributed by atoms with E-state index in [1.165, 1.54) is 6.20 Å². The second kappa shape index (κ2) is 10.0. The van der Waals surface area contributed by atoms with Crippen LogP contribution < -0.4 is 14.9 Å².